The molecule has 0 aromatic carbocycles. The molecule has 0 bridgehead atoms. The highest BCUT2D eigenvalue weighted by Crippen LogP contribution is 2.28. The fourth-order valence-corrected chi connectivity index (χ4v) is 2.40. The zero-order valence-corrected chi connectivity index (χ0v) is 14.3. The Labute approximate surface area is 130 Å². The molecule has 0 aliphatic carbocycles. The van der Waals surface area contributed by atoms with E-state index < -0.39 is 0 Å². The number of carbonyl (C=O) groups is 1. The molecule has 2 aromatic heterocycles. The Balaban J connectivity index is 2.83. The Morgan fingerprint density at radius 2 is 2.00 bits per heavy atom. The summed E-state index contributed by atoms with van der Waals surface area (Å²) in [7, 11) is 1.42. The topological polar surface area (TPSA) is 69.0 Å². The van der Waals surface area contributed by atoms with Crippen molar-refractivity contribution in [2.45, 2.75) is 53.0 Å². The number of hydrogen-bond donors (Lipinski definition) is 1. The van der Waals surface area contributed by atoms with Gasteiger partial charge in [-0.1, -0.05) is 13.8 Å². The summed E-state index contributed by atoms with van der Waals surface area (Å²) < 4.78 is 1.88. The maximum Gasteiger partial charge on any atom is 0.275 e. The van der Waals surface area contributed by atoms with E-state index in [0.717, 1.165) is 22.4 Å². The molecular formula is C16H24N4O2. The number of pyridine rings is 1. The largest absolute Gasteiger partial charge is 0.277 e. The van der Waals surface area contributed by atoms with Gasteiger partial charge in [0.1, 0.15) is 0 Å². The molecule has 0 spiro atoms. The van der Waals surface area contributed by atoms with Crippen LogP contribution in [0.2, 0.25) is 0 Å². The number of nitrogens with one attached hydrogen (secondary N) is 1. The monoisotopic (exact) mass is 304 g/mol. The zero-order valence-electron chi connectivity index (χ0n) is 14.3. The van der Waals surface area contributed by atoms with Crippen molar-refractivity contribution in [3.8, 4) is 0 Å². The van der Waals surface area contributed by atoms with Gasteiger partial charge in [0.2, 0.25) is 0 Å². The van der Waals surface area contributed by atoms with Gasteiger partial charge in [0.15, 0.2) is 5.65 Å². The van der Waals surface area contributed by atoms with E-state index in [9.17, 15) is 4.79 Å². The van der Waals surface area contributed by atoms with Crippen molar-refractivity contribution in [2.75, 3.05) is 7.11 Å². The van der Waals surface area contributed by atoms with Gasteiger partial charge in [-0.05, 0) is 39.7 Å². The lowest BCUT2D eigenvalue weighted by molar-refractivity contribution is 0.0539. The van der Waals surface area contributed by atoms with Gasteiger partial charge < -0.3 is 0 Å². The van der Waals surface area contributed by atoms with Crippen LogP contribution in [-0.2, 0) is 10.4 Å². The number of rotatable bonds is 3. The Morgan fingerprint density at radius 1 is 1.36 bits per heavy atom. The summed E-state index contributed by atoms with van der Waals surface area (Å²) in [5.74, 6) is -0.0736. The average Bonchev–Trinajstić information content (AvgIpc) is 2.75. The number of amides is 1. The van der Waals surface area contributed by atoms with Gasteiger partial charge in [0, 0.05) is 5.69 Å². The van der Waals surface area contributed by atoms with E-state index in [1.807, 2.05) is 17.7 Å². The minimum absolute atomic E-state index is 0.210. The van der Waals surface area contributed by atoms with Crippen LogP contribution in [0.1, 0.15) is 62.3 Å². The second-order valence-electron chi connectivity index (χ2n) is 6.75. The Hall–Kier alpha value is -1.95. The molecule has 0 radical (unpaired) electrons. The fourth-order valence-electron chi connectivity index (χ4n) is 2.40. The summed E-state index contributed by atoms with van der Waals surface area (Å²) >= 11 is 0. The number of aromatic nitrogens is 3. The van der Waals surface area contributed by atoms with E-state index in [4.69, 9.17) is 9.82 Å². The normalized spacial score (nSPS) is 12.2. The standard InChI is InChI=1S/C16H24N4O2/c1-9(2)12-8-11(15(21)19-22-7)13-10(3)18-20(14(13)17-12)16(4,5)6/h8-9H,1-7H3,(H,19,21). The summed E-state index contributed by atoms with van der Waals surface area (Å²) in [6.07, 6.45) is 0. The first kappa shape index (κ1) is 16.4. The molecule has 2 aromatic rings. The van der Waals surface area contributed by atoms with Crippen LogP contribution in [0.15, 0.2) is 6.07 Å². The Kier molecular flexibility index (Phi) is 4.24. The molecule has 6 nitrogen and oxygen atoms in total. The van der Waals surface area contributed by atoms with Crippen molar-refractivity contribution >= 4 is 16.9 Å². The van der Waals surface area contributed by atoms with Crippen molar-refractivity contribution in [3.05, 3.63) is 23.0 Å². The SMILES string of the molecule is CONC(=O)c1cc(C(C)C)nc2c1c(C)nn2C(C)(C)C. The van der Waals surface area contributed by atoms with E-state index in [1.54, 1.807) is 0 Å². The van der Waals surface area contributed by atoms with Crippen LogP contribution in [0.5, 0.6) is 0 Å². The average molecular weight is 304 g/mol. The summed E-state index contributed by atoms with van der Waals surface area (Å²) in [5, 5.41) is 5.37. The van der Waals surface area contributed by atoms with Crippen molar-refractivity contribution < 1.29 is 9.63 Å². The van der Waals surface area contributed by atoms with Crippen molar-refractivity contribution in [1.29, 1.82) is 0 Å². The Morgan fingerprint density at radius 3 is 2.50 bits per heavy atom. The second-order valence-corrected chi connectivity index (χ2v) is 6.75. The van der Waals surface area contributed by atoms with Crippen molar-refractivity contribution in [1.82, 2.24) is 20.2 Å². The quantitative estimate of drug-likeness (QED) is 0.885. The maximum atomic E-state index is 12.3. The lowest BCUT2D eigenvalue weighted by Crippen LogP contribution is -2.25. The summed E-state index contributed by atoms with van der Waals surface area (Å²) in [6.45, 7) is 12.2. The highest BCUT2D eigenvalue weighted by Gasteiger charge is 2.25. The van der Waals surface area contributed by atoms with Gasteiger partial charge in [-0.25, -0.2) is 15.1 Å². The third kappa shape index (κ3) is 2.83. The van der Waals surface area contributed by atoms with Crippen LogP contribution < -0.4 is 5.48 Å². The summed E-state index contributed by atoms with van der Waals surface area (Å²) in [6, 6.07) is 1.82. The highest BCUT2D eigenvalue weighted by molar-refractivity contribution is 6.06. The van der Waals surface area contributed by atoms with Crippen LogP contribution >= 0.6 is 0 Å². The van der Waals surface area contributed by atoms with Crippen LogP contribution in [0.3, 0.4) is 0 Å². The predicted molar refractivity (Wildman–Crippen MR) is 85.8 cm³/mol. The van der Waals surface area contributed by atoms with Crippen LogP contribution in [0.25, 0.3) is 11.0 Å². The van der Waals surface area contributed by atoms with Gasteiger partial charge in [-0.2, -0.15) is 5.10 Å². The highest BCUT2D eigenvalue weighted by atomic mass is 16.6. The molecule has 0 aliphatic rings. The first-order chi connectivity index (χ1) is 10.2. The third-order valence-corrected chi connectivity index (χ3v) is 3.50. The lowest BCUT2D eigenvalue weighted by Gasteiger charge is -2.20. The first-order valence-electron chi connectivity index (χ1n) is 7.41. The molecule has 0 aliphatic heterocycles. The molecule has 22 heavy (non-hydrogen) atoms. The van der Waals surface area contributed by atoms with Crippen LogP contribution in [0, 0.1) is 6.92 Å². The first-order valence-corrected chi connectivity index (χ1v) is 7.41. The summed E-state index contributed by atoms with van der Waals surface area (Å²) in [4.78, 5) is 21.9. The Bertz CT molecular complexity index is 711. The lowest BCUT2D eigenvalue weighted by atomic mass is 10.0. The number of carbonyl (C=O) groups excluding carboxylic acids is 1. The van der Waals surface area contributed by atoms with E-state index >= 15 is 0 Å². The van der Waals surface area contributed by atoms with E-state index in [1.165, 1.54) is 7.11 Å². The maximum absolute atomic E-state index is 12.3. The molecule has 2 rings (SSSR count). The third-order valence-electron chi connectivity index (χ3n) is 3.50. The molecule has 0 atom stereocenters. The molecule has 120 valence electrons. The molecule has 0 fully saturated rings. The van der Waals surface area contributed by atoms with Gasteiger partial charge >= 0.3 is 0 Å². The van der Waals surface area contributed by atoms with E-state index in [2.05, 4.69) is 45.2 Å². The molecule has 2 heterocycles. The molecule has 0 saturated carbocycles. The molecule has 0 unspecified atom stereocenters. The van der Waals surface area contributed by atoms with E-state index in [0.29, 0.717) is 5.56 Å². The number of hydroxylamine groups is 1. The number of fused-ring (bicyclic) bond motifs is 1. The molecule has 6 heteroatoms. The summed E-state index contributed by atoms with van der Waals surface area (Å²) in [5.41, 5.74) is 5.10. The van der Waals surface area contributed by atoms with Crippen LogP contribution in [-0.4, -0.2) is 27.8 Å². The van der Waals surface area contributed by atoms with Gasteiger partial charge in [0.05, 0.1) is 29.3 Å². The number of hydrogen-bond acceptors (Lipinski definition) is 4. The van der Waals surface area contributed by atoms with Gasteiger partial charge in [-0.15, -0.1) is 0 Å². The van der Waals surface area contributed by atoms with E-state index in [-0.39, 0.29) is 17.4 Å². The minimum atomic E-state index is -0.284. The number of nitrogens with zero attached hydrogens (tertiary/aromatic N) is 3. The fraction of sp³-hybridized carbons (Fsp3) is 0.562. The second kappa shape index (κ2) is 5.68. The molecule has 0 saturated heterocycles. The van der Waals surface area contributed by atoms with Crippen molar-refractivity contribution in [3.63, 3.8) is 0 Å². The molecular weight excluding hydrogens is 280 g/mol. The minimum Gasteiger partial charge on any atom is -0.277 e. The van der Waals surface area contributed by atoms with Gasteiger partial charge in [-0.3, -0.25) is 9.63 Å². The zero-order chi connectivity index (χ0) is 16.7. The smallest absolute Gasteiger partial charge is 0.275 e. The van der Waals surface area contributed by atoms with Crippen LogP contribution in [0.4, 0.5) is 0 Å². The molecule has 1 N–H and O–H groups in total. The van der Waals surface area contributed by atoms with Crippen molar-refractivity contribution in [2.24, 2.45) is 0 Å². The molecule has 1 amide bonds. The predicted octanol–water partition coefficient (Wildman–Crippen LogP) is 2.91. The van der Waals surface area contributed by atoms with Gasteiger partial charge in [0.25, 0.3) is 5.91 Å². The number of aryl methyl sites for hydroxylation is 1.